The molecule has 0 amide bonds. The third-order valence-corrected chi connectivity index (χ3v) is 5.22. The van der Waals surface area contributed by atoms with E-state index in [0.717, 1.165) is 32.1 Å². The van der Waals surface area contributed by atoms with Crippen molar-refractivity contribution in [3.63, 3.8) is 0 Å². The number of halogens is 1. The van der Waals surface area contributed by atoms with Gasteiger partial charge in [0.1, 0.15) is 0 Å². The Kier molecular flexibility index (Phi) is 5.36. The molecule has 1 rings (SSSR count). The second-order valence-corrected chi connectivity index (χ2v) is 6.47. The maximum absolute atomic E-state index is 11.9. The van der Waals surface area contributed by atoms with E-state index in [4.69, 9.17) is 11.6 Å². The summed E-state index contributed by atoms with van der Waals surface area (Å²) in [5.41, 5.74) is 0. The summed E-state index contributed by atoms with van der Waals surface area (Å²) in [6.07, 6.45) is 5.16. The standard InChI is InChI=1S/C10H20ClNO2S/c1-2-5-10-6-3-4-8-12(10)15(13,14)9-7-11/h10H,2-9H2,1H3. The van der Waals surface area contributed by atoms with Gasteiger partial charge >= 0.3 is 0 Å². The molecule has 1 aliphatic heterocycles. The lowest BCUT2D eigenvalue weighted by Gasteiger charge is -2.34. The fourth-order valence-corrected chi connectivity index (χ4v) is 4.26. The summed E-state index contributed by atoms with van der Waals surface area (Å²) in [6.45, 7) is 2.78. The average molecular weight is 254 g/mol. The van der Waals surface area contributed by atoms with Crippen LogP contribution in [0.25, 0.3) is 0 Å². The molecule has 0 radical (unpaired) electrons. The molecule has 0 bridgehead atoms. The van der Waals surface area contributed by atoms with E-state index in [9.17, 15) is 8.42 Å². The second kappa shape index (κ2) is 6.06. The molecule has 0 N–H and O–H groups in total. The highest BCUT2D eigenvalue weighted by Gasteiger charge is 2.30. The van der Waals surface area contributed by atoms with E-state index in [1.165, 1.54) is 0 Å². The molecule has 1 atom stereocenters. The summed E-state index contributed by atoms with van der Waals surface area (Å²) in [6, 6.07) is 0.219. The Balaban J connectivity index is 2.70. The zero-order valence-corrected chi connectivity index (χ0v) is 10.9. The van der Waals surface area contributed by atoms with Crippen LogP contribution in [0.5, 0.6) is 0 Å². The topological polar surface area (TPSA) is 37.4 Å². The molecule has 0 aromatic carbocycles. The first kappa shape index (κ1) is 13.3. The van der Waals surface area contributed by atoms with Crippen molar-refractivity contribution in [2.24, 2.45) is 0 Å². The number of piperidine rings is 1. The molecule has 5 heteroatoms. The predicted octanol–water partition coefficient (Wildman–Crippen LogP) is 2.21. The Bertz CT molecular complexity index is 277. The fraction of sp³-hybridized carbons (Fsp3) is 1.00. The third kappa shape index (κ3) is 3.61. The Morgan fingerprint density at radius 3 is 2.73 bits per heavy atom. The predicted molar refractivity (Wildman–Crippen MR) is 63.8 cm³/mol. The number of alkyl halides is 1. The van der Waals surface area contributed by atoms with E-state index < -0.39 is 10.0 Å². The van der Waals surface area contributed by atoms with Crippen LogP contribution in [-0.4, -0.2) is 36.9 Å². The van der Waals surface area contributed by atoms with Crippen LogP contribution in [-0.2, 0) is 10.0 Å². The van der Waals surface area contributed by atoms with Crippen molar-refractivity contribution in [3.8, 4) is 0 Å². The molecular formula is C10H20ClNO2S. The van der Waals surface area contributed by atoms with E-state index in [1.807, 2.05) is 0 Å². The summed E-state index contributed by atoms with van der Waals surface area (Å²) in [4.78, 5) is 0. The highest BCUT2D eigenvalue weighted by Crippen LogP contribution is 2.24. The van der Waals surface area contributed by atoms with Crippen LogP contribution in [0, 0.1) is 0 Å². The van der Waals surface area contributed by atoms with Gasteiger partial charge in [-0.2, -0.15) is 4.31 Å². The van der Waals surface area contributed by atoms with Gasteiger partial charge in [0.25, 0.3) is 0 Å². The van der Waals surface area contributed by atoms with Gasteiger partial charge in [0.05, 0.1) is 5.75 Å². The average Bonchev–Trinajstić information content (AvgIpc) is 2.19. The number of nitrogens with zero attached hydrogens (tertiary/aromatic N) is 1. The molecule has 3 nitrogen and oxygen atoms in total. The molecular weight excluding hydrogens is 234 g/mol. The highest BCUT2D eigenvalue weighted by atomic mass is 35.5. The minimum atomic E-state index is -3.10. The monoisotopic (exact) mass is 253 g/mol. The minimum Gasteiger partial charge on any atom is -0.212 e. The van der Waals surface area contributed by atoms with Crippen LogP contribution in [0.4, 0.5) is 0 Å². The van der Waals surface area contributed by atoms with Gasteiger partial charge in [-0.05, 0) is 19.3 Å². The van der Waals surface area contributed by atoms with Crippen LogP contribution in [0.1, 0.15) is 39.0 Å². The molecule has 1 aliphatic rings. The van der Waals surface area contributed by atoms with Gasteiger partial charge in [-0.1, -0.05) is 19.8 Å². The third-order valence-electron chi connectivity index (χ3n) is 2.89. The van der Waals surface area contributed by atoms with Gasteiger partial charge in [-0.15, -0.1) is 11.6 Å². The van der Waals surface area contributed by atoms with Gasteiger partial charge in [-0.3, -0.25) is 0 Å². The first-order valence-corrected chi connectivity index (χ1v) is 7.81. The van der Waals surface area contributed by atoms with Crippen LogP contribution < -0.4 is 0 Å². The van der Waals surface area contributed by atoms with Crippen LogP contribution >= 0.6 is 11.6 Å². The van der Waals surface area contributed by atoms with Crippen molar-refractivity contribution < 1.29 is 8.42 Å². The maximum atomic E-state index is 11.9. The molecule has 15 heavy (non-hydrogen) atoms. The van der Waals surface area contributed by atoms with Gasteiger partial charge < -0.3 is 0 Å². The molecule has 1 heterocycles. The molecule has 90 valence electrons. The van der Waals surface area contributed by atoms with E-state index in [2.05, 4.69) is 6.92 Å². The second-order valence-electron chi connectivity index (χ2n) is 4.05. The van der Waals surface area contributed by atoms with Gasteiger partial charge in [0, 0.05) is 18.5 Å². The van der Waals surface area contributed by atoms with E-state index in [1.54, 1.807) is 4.31 Å². The van der Waals surface area contributed by atoms with Crippen molar-refractivity contribution in [3.05, 3.63) is 0 Å². The molecule has 0 spiro atoms. The van der Waals surface area contributed by atoms with E-state index >= 15 is 0 Å². The number of sulfonamides is 1. The number of hydrogen-bond donors (Lipinski definition) is 0. The van der Waals surface area contributed by atoms with Gasteiger partial charge in [0.15, 0.2) is 0 Å². The Morgan fingerprint density at radius 2 is 2.13 bits per heavy atom. The Hall–Kier alpha value is 0.200. The normalized spacial score (nSPS) is 24.3. The molecule has 1 saturated heterocycles. The molecule has 1 fully saturated rings. The summed E-state index contributed by atoms with van der Waals surface area (Å²) < 4.78 is 25.5. The van der Waals surface area contributed by atoms with Crippen molar-refractivity contribution in [2.45, 2.75) is 45.1 Å². The number of rotatable bonds is 5. The van der Waals surface area contributed by atoms with E-state index in [0.29, 0.717) is 6.54 Å². The van der Waals surface area contributed by atoms with Gasteiger partial charge in [0.2, 0.25) is 10.0 Å². The summed E-state index contributed by atoms with van der Waals surface area (Å²) in [5.74, 6) is 0.270. The highest BCUT2D eigenvalue weighted by molar-refractivity contribution is 7.89. The summed E-state index contributed by atoms with van der Waals surface area (Å²) in [5, 5.41) is 0. The van der Waals surface area contributed by atoms with Crippen molar-refractivity contribution in [1.82, 2.24) is 4.31 Å². The molecule has 0 saturated carbocycles. The van der Waals surface area contributed by atoms with Crippen LogP contribution in [0.2, 0.25) is 0 Å². The first-order chi connectivity index (χ1) is 7.11. The molecule has 0 aromatic heterocycles. The van der Waals surface area contributed by atoms with Crippen molar-refractivity contribution >= 4 is 21.6 Å². The van der Waals surface area contributed by atoms with Gasteiger partial charge in [-0.25, -0.2) is 8.42 Å². The lowest BCUT2D eigenvalue weighted by Crippen LogP contribution is -2.44. The lowest BCUT2D eigenvalue weighted by atomic mass is 10.0. The maximum Gasteiger partial charge on any atom is 0.215 e. The molecule has 0 aliphatic carbocycles. The fourth-order valence-electron chi connectivity index (χ4n) is 2.18. The molecule has 1 unspecified atom stereocenters. The summed E-state index contributed by atoms with van der Waals surface area (Å²) >= 11 is 5.52. The van der Waals surface area contributed by atoms with Crippen LogP contribution in [0.3, 0.4) is 0 Å². The Labute approximate surface area is 97.8 Å². The zero-order chi connectivity index (χ0) is 11.3. The smallest absolute Gasteiger partial charge is 0.212 e. The largest absolute Gasteiger partial charge is 0.215 e. The van der Waals surface area contributed by atoms with Crippen molar-refractivity contribution in [2.75, 3.05) is 18.2 Å². The zero-order valence-electron chi connectivity index (χ0n) is 9.28. The minimum absolute atomic E-state index is 0.0781. The quantitative estimate of drug-likeness (QED) is 0.705. The van der Waals surface area contributed by atoms with Crippen molar-refractivity contribution in [1.29, 1.82) is 0 Å². The molecule has 0 aromatic rings. The number of hydrogen-bond acceptors (Lipinski definition) is 2. The van der Waals surface area contributed by atoms with E-state index in [-0.39, 0.29) is 17.7 Å². The lowest BCUT2D eigenvalue weighted by molar-refractivity contribution is 0.240. The van der Waals surface area contributed by atoms with Crippen LogP contribution in [0.15, 0.2) is 0 Å². The SMILES string of the molecule is CCCC1CCCCN1S(=O)(=O)CCCl. The summed E-state index contributed by atoms with van der Waals surface area (Å²) in [7, 11) is -3.10. The Morgan fingerprint density at radius 1 is 1.40 bits per heavy atom. The first-order valence-electron chi connectivity index (χ1n) is 5.67.